The Labute approximate surface area is 121 Å². The van der Waals surface area contributed by atoms with Crippen LogP contribution < -0.4 is 10.6 Å². The maximum Gasteiger partial charge on any atom is 0.324 e. The summed E-state index contributed by atoms with van der Waals surface area (Å²) in [6, 6.07) is 4.95. The molecule has 0 bridgehead atoms. The first-order valence-electron chi connectivity index (χ1n) is 5.34. The smallest absolute Gasteiger partial charge is 0.308 e. The van der Waals surface area contributed by atoms with Gasteiger partial charge >= 0.3 is 6.03 Å². The minimum Gasteiger partial charge on any atom is -0.308 e. The van der Waals surface area contributed by atoms with E-state index in [-0.39, 0.29) is 11.5 Å². The van der Waals surface area contributed by atoms with E-state index in [1.54, 1.807) is 0 Å². The average Bonchev–Trinajstić information content (AvgIpc) is 2.42. The van der Waals surface area contributed by atoms with Gasteiger partial charge in [-0.1, -0.05) is 0 Å². The molecule has 1 heterocycles. The van der Waals surface area contributed by atoms with Gasteiger partial charge in [0.25, 0.3) is 5.69 Å². The van der Waals surface area contributed by atoms with Gasteiger partial charge in [-0.2, -0.15) is 0 Å². The molecule has 0 aliphatic heterocycles. The zero-order valence-electron chi connectivity index (χ0n) is 9.91. The van der Waals surface area contributed by atoms with E-state index in [0.717, 1.165) is 0 Å². The van der Waals surface area contributed by atoms with Crippen molar-refractivity contribution in [3.05, 3.63) is 51.4 Å². The molecule has 0 aliphatic rings. The number of hydrogen-bond acceptors (Lipinski definition) is 5. The Morgan fingerprint density at radius 1 is 1.15 bits per heavy atom. The standard InChI is InChI=1S/C11H8BrN5O3/c12-9-5-14-10(6-13-9)16-11(18)15-7-1-3-8(4-2-7)17(19)20/h1-6H,(H2,14,15,16,18). The zero-order valence-corrected chi connectivity index (χ0v) is 11.5. The van der Waals surface area contributed by atoms with Gasteiger partial charge in [-0.05, 0) is 28.1 Å². The highest BCUT2D eigenvalue weighted by molar-refractivity contribution is 9.10. The molecule has 0 fully saturated rings. The SMILES string of the molecule is O=C(Nc1ccc([N+](=O)[O-])cc1)Nc1cnc(Br)cn1. The Morgan fingerprint density at radius 3 is 2.40 bits per heavy atom. The highest BCUT2D eigenvalue weighted by Crippen LogP contribution is 2.15. The van der Waals surface area contributed by atoms with Crippen molar-refractivity contribution in [3.63, 3.8) is 0 Å². The lowest BCUT2D eigenvalue weighted by Gasteiger charge is -2.06. The normalized spacial score (nSPS) is 9.85. The molecule has 1 aromatic carbocycles. The van der Waals surface area contributed by atoms with E-state index in [4.69, 9.17) is 0 Å². The summed E-state index contributed by atoms with van der Waals surface area (Å²) in [7, 11) is 0. The molecule has 102 valence electrons. The zero-order chi connectivity index (χ0) is 14.5. The van der Waals surface area contributed by atoms with Crippen molar-refractivity contribution in [1.29, 1.82) is 0 Å². The fourth-order valence-electron chi connectivity index (χ4n) is 1.32. The van der Waals surface area contributed by atoms with E-state index in [1.807, 2.05) is 0 Å². The molecule has 0 atom stereocenters. The predicted molar refractivity (Wildman–Crippen MR) is 75.5 cm³/mol. The second-order valence-electron chi connectivity index (χ2n) is 3.61. The number of benzene rings is 1. The lowest BCUT2D eigenvalue weighted by molar-refractivity contribution is -0.384. The second kappa shape index (κ2) is 6.06. The third kappa shape index (κ3) is 3.72. The molecule has 0 radical (unpaired) electrons. The molecule has 0 saturated heterocycles. The van der Waals surface area contributed by atoms with Gasteiger partial charge in [-0.15, -0.1) is 0 Å². The van der Waals surface area contributed by atoms with Crippen LogP contribution in [0.5, 0.6) is 0 Å². The number of carbonyl (C=O) groups excluding carboxylic acids is 1. The van der Waals surface area contributed by atoms with Crippen LogP contribution in [0.25, 0.3) is 0 Å². The van der Waals surface area contributed by atoms with E-state index < -0.39 is 11.0 Å². The van der Waals surface area contributed by atoms with Gasteiger partial charge in [-0.25, -0.2) is 14.8 Å². The summed E-state index contributed by atoms with van der Waals surface area (Å²) in [4.78, 5) is 29.5. The Kier molecular flexibility index (Phi) is 4.20. The maximum absolute atomic E-state index is 11.6. The van der Waals surface area contributed by atoms with Gasteiger partial charge in [0.05, 0.1) is 17.3 Å². The van der Waals surface area contributed by atoms with E-state index >= 15 is 0 Å². The number of nitro benzene ring substituents is 1. The van der Waals surface area contributed by atoms with Gasteiger partial charge in [0.1, 0.15) is 4.60 Å². The molecular formula is C11H8BrN5O3. The third-order valence-electron chi connectivity index (χ3n) is 2.20. The van der Waals surface area contributed by atoms with Crippen LogP contribution in [0.4, 0.5) is 22.0 Å². The number of amides is 2. The number of nitrogens with one attached hydrogen (secondary N) is 2. The monoisotopic (exact) mass is 337 g/mol. The fourth-order valence-corrected chi connectivity index (χ4v) is 1.53. The minimum atomic E-state index is -0.518. The number of anilines is 2. The second-order valence-corrected chi connectivity index (χ2v) is 4.42. The Morgan fingerprint density at radius 2 is 1.85 bits per heavy atom. The van der Waals surface area contributed by atoms with Crippen molar-refractivity contribution in [1.82, 2.24) is 9.97 Å². The lowest BCUT2D eigenvalue weighted by atomic mass is 10.3. The summed E-state index contributed by atoms with van der Waals surface area (Å²) in [5.74, 6) is 0.285. The number of carbonyl (C=O) groups is 1. The Bertz CT molecular complexity index is 630. The molecule has 0 saturated carbocycles. The number of non-ortho nitro benzene ring substituents is 1. The molecule has 0 spiro atoms. The summed E-state index contributed by atoms with van der Waals surface area (Å²) in [6.45, 7) is 0. The maximum atomic E-state index is 11.6. The number of halogens is 1. The average molecular weight is 338 g/mol. The largest absolute Gasteiger partial charge is 0.324 e. The van der Waals surface area contributed by atoms with Gasteiger partial charge in [0, 0.05) is 17.8 Å². The van der Waals surface area contributed by atoms with Crippen molar-refractivity contribution in [2.75, 3.05) is 10.6 Å². The van der Waals surface area contributed by atoms with Gasteiger partial charge in [0.15, 0.2) is 5.82 Å². The van der Waals surface area contributed by atoms with Crippen molar-refractivity contribution >= 4 is 39.2 Å². The first-order valence-corrected chi connectivity index (χ1v) is 6.14. The minimum absolute atomic E-state index is 0.0465. The van der Waals surface area contributed by atoms with Crippen LogP contribution in [0.2, 0.25) is 0 Å². The molecule has 2 amide bonds. The first-order chi connectivity index (χ1) is 9.54. The van der Waals surface area contributed by atoms with Crippen LogP contribution in [-0.2, 0) is 0 Å². The number of nitrogens with zero attached hydrogens (tertiary/aromatic N) is 3. The van der Waals surface area contributed by atoms with Crippen molar-refractivity contribution in [2.45, 2.75) is 0 Å². The van der Waals surface area contributed by atoms with Crippen LogP contribution in [0.1, 0.15) is 0 Å². The summed E-state index contributed by atoms with van der Waals surface area (Å²) < 4.78 is 0.554. The molecule has 20 heavy (non-hydrogen) atoms. The van der Waals surface area contributed by atoms with Crippen LogP contribution >= 0.6 is 15.9 Å². The first kappa shape index (κ1) is 13.9. The molecule has 2 aromatic rings. The van der Waals surface area contributed by atoms with Crippen LogP contribution in [-0.4, -0.2) is 20.9 Å². The van der Waals surface area contributed by atoms with Gasteiger partial charge < -0.3 is 5.32 Å². The van der Waals surface area contributed by atoms with E-state index in [0.29, 0.717) is 10.3 Å². The van der Waals surface area contributed by atoms with Crippen molar-refractivity contribution < 1.29 is 9.72 Å². The molecule has 0 unspecified atom stereocenters. The molecular weight excluding hydrogens is 330 g/mol. The Balaban J connectivity index is 1.97. The molecule has 2 N–H and O–H groups in total. The molecule has 2 rings (SSSR count). The molecule has 9 heteroatoms. The van der Waals surface area contributed by atoms with E-state index in [2.05, 4.69) is 36.5 Å². The number of rotatable bonds is 3. The van der Waals surface area contributed by atoms with Gasteiger partial charge in [-0.3, -0.25) is 15.4 Å². The van der Waals surface area contributed by atoms with Crippen LogP contribution in [0, 0.1) is 10.1 Å². The van der Waals surface area contributed by atoms with Gasteiger partial charge in [0.2, 0.25) is 0 Å². The molecule has 8 nitrogen and oxygen atoms in total. The topological polar surface area (TPSA) is 110 Å². The molecule has 1 aromatic heterocycles. The number of hydrogen-bond donors (Lipinski definition) is 2. The summed E-state index contributed by atoms with van der Waals surface area (Å²) in [5, 5.41) is 15.5. The number of aromatic nitrogens is 2. The van der Waals surface area contributed by atoms with Crippen molar-refractivity contribution in [3.8, 4) is 0 Å². The Hall–Kier alpha value is -2.55. The quantitative estimate of drug-likeness (QED) is 0.660. The fraction of sp³-hybridized carbons (Fsp3) is 0. The highest BCUT2D eigenvalue weighted by atomic mass is 79.9. The lowest BCUT2D eigenvalue weighted by Crippen LogP contribution is -2.20. The third-order valence-corrected chi connectivity index (χ3v) is 2.61. The summed E-state index contributed by atoms with van der Waals surface area (Å²) >= 11 is 3.13. The predicted octanol–water partition coefficient (Wildman–Crippen LogP) is 2.79. The molecule has 0 aliphatic carbocycles. The van der Waals surface area contributed by atoms with Crippen LogP contribution in [0.15, 0.2) is 41.3 Å². The van der Waals surface area contributed by atoms with Crippen LogP contribution in [0.3, 0.4) is 0 Å². The number of urea groups is 1. The van der Waals surface area contributed by atoms with E-state index in [1.165, 1.54) is 36.7 Å². The number of nitro groups is 1. The van der Waals surface area contributed by atoms with Crippen molar-refractivity contribution in [2.24, 2.45) is 0 Å². The summed E-state index contributed by atoms with van der Waals surface area (Å²) in [6.07, 6.45) is 2.83. The summed E-state index contributed by atoms with van der Waals surface area (Å²) in [5.41, 5.74) is 0.382. The highest BCUT2D eigenvalue weighted by Gasteiger charge is 2.07. The van der Waals surface area contributed by atoms with E-state index in [9.17, 15) is 14.9 Å².